The molecular weight excluding hydrogens is 352 g/mol. The highest BCUT2D eigenvalue weighted by Gasteiger charge is 2.20. The van der Waals surface area contributed by atoms with Gasteiger partial charge in [-0.1, -0.05) is 43.3 Å². The van der Waals surface area contributed by atoms with Gasteiger partial charge in [-0.05, 0) is 48.2 Å². The molecule has 0 aliphatic carbocycles. The van der Waals surface area contributed by atoms with E-state index in [4.69, 9.17) is 0 Å². The van der Waals surface area contributed by atoms with Crippen molar-refractivity contribution in [3.05, 3.63) is 58.3 Å². The zero-order chi connectivity index (χ0) is 18.9. The molecule has 27 heavy (non-hydrogen) atoms. The second-order valence-electron chi connectivity index (χ2n) is 7.47. The van der Waals surface area contributed by atoms with Crippen LogP contribution in [0.15, 0.2) is 52.8 Å². The standard InChI is InChI=1S/C22H32N4S/c1-18(20-9-4-3-5-10-20)14-24-22(23-2)25-15-19-8-6-12-26(16-19)17-21-11-7-13-27-21/h3-5,7,9-11,13,18-19H,6,8,12,14-17H2,1-2H3,(H2,23,24,25). The minimum atomic E-state index is 0.459. The molecule has 0 saturated carbocycles. The van der Waals surface area contributed by atoms with Crippen LogP contribution in [0.1, 0.15) is 36.1 Å². The summed E-state index contributed by atoms with van der Waals surface area (Å²) in [6, 6.07) is 15.0. The van der Waals surface area contributed by atoms with E-state index in [0.29, 0.717) is 11.8 Å². The summed E-state index contributed by atoms with van der Waals surface area (Å²) < 4.78 is 0. The fraction of sp³-hybridized carbons (Fsp3) is 0.500. The highest BCUT2D eigenvalue weighted by Crippen LogP contribution is 2.20. The first-order valence-electron chi connectivity index (χ1n) is 9.99. The van der Waals surface area contributed by atoms with Crippen LogP contribution in [0.4, 0.5) is 0 Å². The SMILES string of the molecule is CN=C(NCC1CCCN(Cc2cccs2)C1)NCC(C)c1ccccc1. The number of nitrogens with one attached hydrogen (secondary N) is 2. The Bertz CT molecular complexity index is 684. The first kappa shape index (κ1) is 19.9. The maximum absolute atomic E-state index is 4.40. The van der Waals surface area contributed by atoms with Crippen LogP contribution < -0.4 is 10.6 Å². The molecule has 2 aromatic rings. The van der Waals surface area contributed by atoms with Crippen molar-refractivity contribution in [2.45, 2.75) is 32.2 Å². The van der Waals surface area contributed by atoms with Gasteiger partial charge in [0.15, 0.2) is 5.96 Å². The van der Waals surface area contributed by atoms with Gasteiger partial charge in [0, 0.05) is 38.1 Å². The topological polar surface area (TPSA) is 39.7 Å². The van der Waals surface area contributed by atoms with Crippen LogP contribution in [0.2, 0.25) is 0 Å². The Morgan fingerprint density at radius 3 is 2.81 bits per heavy atom. The number of thiophene rings is 1. The van der Waals surface area contributed by atoms with Gasteiger partial charge in [-0.3, -0.25) is 9.89 Å². The van der Waals surface area contributed by atoms with Gasteiger partial charge >= 0.3 is 0 Å². The van der Waals surface area contributed by atoms with E-state index in [1.807, 2.05) is 18.4 Å². The van der Waals surface area contributed by atoms with Gasteiger partial charge in [0.25, 0.3) is 0 Å². The number of hydrogen-bond donors (Lipinski definition) is 2. The smallest absolute Gasteiger partial charge is 0.191 e. The van der Waals surface area contributed by atoms with Crippen molar-refractivity contribution < 1.29 is 0 Å². The number of piperidine rings is 1. The van der Waals surface area contributed by atoms with Crippen LogP contribution in [-0.2, 0) is 6.54 Å². The van der Waals surface area contributed by atoms with E-state index in [-0.39, 0.29) is 0 Å². The number of guanidine groups is 1. The summed E-state index contributed by atoms with van der Waals surface area (Å²) in [5.41, 5.74) is 1.36. The zero-order valence-electron chi connectivity index (χ0n) is 16.5. The summed E-state index contributed by atoms with van der Waals surface area (Å²) in [4.78, 5) is 8.46. The van der Waals surface area contributed by atoms with Crippen molar-refractivity contribution >= 4 is 17.3 Å². The van der Waals surface area contributed by atoms with Gasteiger partial charge in [-0.25, -0.2) is 0 Å². The maximum Gasteiger partial charge on any atom is 0.191 e. The van der Waals surface area contributed by atoms with Gasteiger partial charge in [-0.15, -0.1) is 11.3 Å². The summed E-state index contributed by atoms with van der Waals surface area (Å²) in [6.07, 6.45) is 2.58. The average molecular weight is 385 g/mol. The second-order valence-corrected chi connectivity index (χ2v) is 8.50. The minimum Gasteiger partial charge on any atom is -0.356 e. The third kappa shape index (κ3) is 6.36. The quantitative estimate of drug-likeness (QED) is 0.561. The summed E-state index contributed by atoms with van der Waals surface area (Å²) >= 11 is 1.86. The Hall–Kier alpha value is -1.85. The van der Waals surface area contributed by atoms with Crippen molar-refractivity contribution in [2.75, 3.05) is 33.2 Å². The molecule has 4 nitrogen and oxygen atoms in total. The monoisotopic (exact) mass is 384 g/mol. The third-order valence-electron chi connectivity index (χ3n) is 5.29. The van der Waals surface area contributed by atoms with Gasteiger partial charge < -0.3 is 10.6 Å². The van der Waals surface area contributed by atoms with E-state index in [1.54, 1.807) is 0 Å². The van der Waals surface area contributed by atoms with E-state index in [1.165, 1.54) is 36.4 Å². The number of benzene rings is 1. The molecule has 146 valence electrons. The molecule has 1 aromatic carbocycles. The average Bonchev–Trinajstić information content (AvgIpc) is 3.22. The number of nitrogens with zero attached hydrogens (tertiary/aromatic N) is 2. The third-order valence-corrected chi connectivity index (χ3v) is 6.15. The highest BCUT2D eigenvalue weighted by atomic mass is 32.1. The number of rotatable bonds is 7. The normalized spacial score (nSPS) is 19.6. The fourth-order valence-electron chi connectivity index (χ4n) is 3.70. The lowest BCUT2D eigenvalue weighted by Gasteiger charge is -2.32. The Morgan fingerprint density at radius 1 is 1.22 bits per heavy atom. The Balaban J connectivity index is 1.41. The van der Waals surface area contributed by atoms with Crippen LogP contribution in [0.25, 0.3) is 0 Å². The number of aliphatic imine (C=N–C) groups is 1. The minimum absolute atomic E-state index is 0.459. The van der Waals surface area contributed by atoms with E-state index in [2.05, 4.69) is 75.3 Å². The Morgan fingerprint density at radius 2 is 2.07 bits per heavy atom. The molecule has 3 rings (SSSR count). The molecule has 1 aliphatic heterocycles. The lowest BCUT2D eigenvalue weighted by atomic mass is 9.98. The van der Waals surface area contributed by atoms with E-state index < -0.39 is 0 Å². The predicted octanol–water partition coefficient (Wildman–Crippen LogP) is 3.93. The number of hydrogen-bond acceptors (Lipinski definition) is 3. The van der Waals surface area contributed by atoms with Gasteiger partial charge in [0.05, 0.1) is 0 Å². The predicted molar refractivity (Wildman–Crippen MR) is 117 cm³/mol. The molecule has 1 fully saturated rings. The molecule has 2 N–H and O–H groups in total. The Kier molecular flexibility index (Phi) is 7.72. The van der Waals surface area contributed by atoms with Crippen LogP contribution in [0.3, 0.4) is 0 Å². The van der Waals surface area contributed by atoms with Gasteiger partial charge in [0.1, 0.15) is 0 Å². The molecule has 1 aliphatic rings. The maximum atomic E-state index is 4.40. The second kappa shape index (κ2) is 10.5. The van der Waals surface area contributed by atoms with E-state index in [0.717, 1.165) is 25.6 Å². The lowest BCUT2D eigenvalue weighted by molar-refractivity contribution is 0.169. The van der Waals surface area contributed by atoms with Crippen LogP contribution in [0, 0.1) is 5.92 Å². The van der Waals surface area contributed by atoms with Crippen molar-refractivity contribution in [2.24, 2.45) is 10.9 Å². The summed E-state index contributed by atoms with van der Waals surface area (Å²) in [7, 11) is 1.85. The van der Waals surface area contributed by atoms with Crippen molar-refractivity contribution in [3.8, 4) is 0 Å². The van der Waals surface area contributed by atoms with Crippen molar-refractivity contribution in [1.82, 2.24) is 15.5 Å². The molecule has 1 saturated heterocycles. The van der Waals surface area contributed by atoms with Crippen LogP contribution in [-0.4, -0.2) is 44.1 Å². The Labute approximate surface area is 167 Å². The molecule has 2 unspecified atom stereocenters. The van der Waals surface area contributed by atoms with Crippen LogP contribution >= 0.6 is 11.3 Å². The van der Waals surface area contributed by atoms with Crippen molar-refractivity contribution in [1.29, 1.82) is 0 Å². The summed E-state index contributed by atoms with van der Waals surface area (Å²) in [5, 5.41) is 9.19. The largest absolute Gasteiger partial charge is 0.356 e. The summed E-state index contributed by atoms with van der Waals surface area (Å²) in [6.45, 7) is 7.60. The lowest BCUT2D eigenvalue weighted by Crippen LogP contribution is -2.44. The summed E-state index contributed by atoms with van der Waals surface area (Å²) in [5.74, 6) is 2.05. The van der Waals surface area contributed by atoms with Crippen LogP contribution in [0.5, 0.6) is 0 Å². The molecule has 1 aromatic heterocycles. The van der Waals surface area contributed by atoms with E-state index in [9.17, 15) is 0 Å². The fourth-order valence-corrected chi connectivity index (χ4v) is 4.44. The van der Waals surface area contributed by atoms with Gasteiger partial charge in [0.2, 0.25) is 0 Å². The molecule has 0 bridgehead atoms. The van der Waals surface area contributed by atoms with E-state index >= 15 is 0 Å². The first-order valence-corrected chi connectivity index (χ1v) is 10.9. The molecule has 0 spiro atoms. The molecule has 2 heterocycles. The number of likely N-dealkylation sites (tertiary alicyclic amines) is 1. The first-order chi connectivity index (χ1) is 13.2. The van der Waals surface area contributed by atoms with Gasteiger partial charge in [-0.2, -0.15) is 0 Å². The van der Waals surface area contributed by atoms with Crippen molar-refractivity contribution in [3.63, 3.8) is 0 Å². The zero-order valence-corrected chi connectivity index (χ0v) is 17.3. The molecular formula is C22H32N4S. The molecule has 0 amide bonds. The molecule has 2 atom stereocenters. The molecule has 0 radical (unpaired) electrons. The molecule has 5 heteroatoms. The highest BCUT2D eigenvalue weighted by molar-refractivity contribution is 7.09.